The molecule has 0 aliphatic carbocycles. The van der Waals surface area contributed by atoms with Crippen molar-refractivity contribution in [3.63, 3.8) is 0 Å². The first-order chi connectivity index (χ1) is 5.52. The van der Waals surface area contributed by atoms with Crippen molar-refractivity contribution in [2.24, 2.45) is 0 Å². The summed E-state index contributed by atoms with van der Waals surface area (Å²) in [6, 6.07) is 1.06. The van der Waals surface area contributed by atoms with Crippen molar-refractivity contribution in [2.45, 2.75) is 6.18 Å². The minimum atomic E-state index is -4.17. The third kappa shape index (κ3) is 6.69. The number of carboxylic acid groups (broad SMARTS) is 1. The molecule has 0 amide bonds. The van der Waals surface area contributed by atoms with E-state index in [1.54, 1.807) is 0 Å². The van der Waals surface area contributed by atoms with Crippen molar-refractivity contribution >= 4 is 17.8 Å². The summed E-state index contributed by atoms with van der Waals surface area (Å²) in [5, 5.41) is 10.7. The number of carbonyl (C=O) groups is 1. The SMILES string of the molecule is FC(F)(F)c1ccsc1.O=C[O-].[Li+]. The molecule has 1 rings (SSSR count). The van der Waals surface area contributed by atoms with E-state index in [-0.39, 0.29) is 18.9 Å². The maximum absolute atomic E-state index is 11.6. The molecule has 0 fully saturated rings. The average Bonchev–Trinajstić information content (AvgIpc) is 2.36. The molecule has 0 bridgehead atoms. The van der Waals surface area contributed by atoms with Gasteiger partial charge < -0.3 is 9.90 Å². The molecule has 0 spiro atoms. The normalized spacial score (nSPS) is 9.15. The Morgan fingerprint density at radius 2 is 1.92 bits per heavy atom. The molecule has 0 N–H and O–H groups in total. The van der Waals surface area contributed by atoms with E-state index in [2.05, 4.69) is 0 Å². The van der Waals surface area contributed by atoms with Crippen LogP contribution in [0.1, 0.15) is 5.56 Å². The van der Waals surface area contributed by atoms with Gasteiger partial charge in [-0.15, -0.1) is 0 Å². The van der Waals surface area contributed by atoms with Crippen LogP contribution in [-0.2, 0) is 11.0 Å². The summed E-state index contributed by atoms with van der Waals surface area (Å²) < 4.78 is 34.9. The molecular formula is C6H4F3LiO2S. The Morgan fingerprint density at radius 1 is 1.46 bits per heavy atom. The van der Waals surface area contributed by atoms with Gasteiger partial charge in [0.1, 0.15) is 0 Å². The quantitative estimate of drug-likeness (QED) is 0.367. The predicted octanol–water partition coefficient (Wildman–Crippen LogP) is -1.86. The Morgan fingerprint density at radius 3 is 2.08 bits per heavy atom. The minimum absolute atomic E-state index is 0. The summed E-state index contributed by atoms with van der Waals surface area (Å²) in [5.41, 5.74) is -0.563. The van der Waals surface area contributed by atoms with E-state index in [0.29, 0.717) is 0 Å². The molecule has 13 heavy (non-hydrogen) atoms. The second-order valence-corrected chi connectivity index (χ2v) is 2.39. The van der Waals surface area contributed by atoms with Gasteiger partial charge in [-0.3, -0.25) is 0 Å². The van der Waals surface area contributed by atoms with Gasteiger partial charge in [-0.2, -0.15) is 24.5 Å². The van der Waals surface area contributed by atoms with Crippen molar-refractivity contribution in [3.8, 4) is 0 Å². The van der Waals surface area contributed by atoms with Crippen LogP contribution in [-0.4, -0.2) is 6.47 Å². The van der Waals surface area contributed by atoms with E-state index < -0.39 is 18.2 Å². The smallest absolute Gasteiger partial charge is 0.554 e. The number of thiophene rings is 1. The molecule has 0 saturated heterocycles. The fourth-order valence-corrected chi connectivity index (χ4v) is 1.09. The van der Waals surface area contributed by atoms with E-state index in [1.165, 1.54) is 5.38 Å². The second kappa shape index (κ2) is 7.01. The van der Waals surface area contributed by atoms with Crippen LogP contribution in [0.15, 0.2) is 16.8 Å². The van der Waals surface area contributed by atoms with Gasteiger partial charge in [0.15, 0.2) is 0 Å². The molecule has 0 aliphatic heterocycles. The van der Waals surface area contributed by atoms with Crippen molar-refractivity contribution < 1.29 is 41.9 Å². The summed E-state index contributed by atoms with van der Waals surface area (Å²) in [5.74, 6) is 0. The first-order valence-corrected chi connectivity index (χ1v) is 3.61. The Hall–Kier alpha value is -0.443. The Bertz CT molecular complexity index is 222. The number of hydrogen-bond acceptors (Lipinski definition) is 3. The van der Waals surface area contributed by atoms with Crippen LogP contribution in [0, 0.1) is 0 Å². The monoisotopic (exact) mass is 204 g/mol. The van der Waals surface area contributed by atoms with Crippen LogP contribution in [0.2, 0.25) is 0 Å². The zero-order valence-corrected chi connectivity index (χ0v) is 7.48. The molecule has 1 heterocycles. The van der Waals surface area contributed by atoms with Gasteiger partial charge in [-0.1, -0.05) is 0 Å². The second-order valence-electron chi connectivity index (χ2n) is 1.61. The summed E-state index contributed by atoms with van der Waals surface area (Å²) >= 11 is 1.05. The van der Waals surface area contributed by atoms with E-state index in [4.69, 9.17) is 9.90 Å². The van der Waals surface area contributed by atoms with Crippen LogP contribution in [0.4, 0.5) is 13.2 Å². The first-order valence-electron chi connectivity index (χ1n) is 2.67. The van der Waals surface area contributed by atoms with Crippen molar-refractivity contribution in [3.05, 3.63) is 22.4 Å². The van der Waals surface area contributed by atoms with Crippen LogP contribution < -0.4 is 24.0 Å². The zero-order chi connectivity index (χ0) is 9.61. The molecule has 1 aromatic rings. The molecule has 0 unspecified atom stereocenters. The number of alkyl halides is 3. The summed E-state index contributed by atoms with van der Waals surface area (Å²) in [4.78, 5) is 8.25. The number of hydrogen-bond donors (Lipinski definition) is 0. The molecule has 68 valence electrons. The summed E-state index contributed by atoms with van der Waals surface area (Å²) in [6.45, 7) is -0.500. The molecule has 2 nitrogen and oxygen atoms in total. The fourth-order valence-electron chi connectivity index (χ4n) is 0.426. The molecule has 0 aliphatic rings. The minimum Gasteiger partial charge on any atom is -0.554 e. The van der Waals surface area contributed by atoms with Crippen molar-refractivity contribution in [2.75, 3.05) is 0 Å². The molecular weight excluding hydrogens is 200 g/mol. The Balaban J connectivity index is 0. The summed E-state index contributed by atoms with van der Waals surface area (Å²) in [7, 11) is 0. The van der Waals surface area contributed by atoms with Crippen molar-refractivity contribution in [1.82, 2.24) is 0 Å². The van der Waals surface area contributed by atoms with Crippen LogP contribution in [0.3, 0.4) is 0 Å². The summed E-state index contributed by atoms with van der Waals surface area (Å²) in [6.07, 6.45) is -4.17. The van der Waals surface area contributed by atoms with Gasteiger partial charge in [0.25, 0.3) is 0 Å². The average molecular weight is 204 g/mol. The van der Waals surface area contributed by atoms with Crippen LogP contribution in [0.25, 0.3) is 0 Å². The van der Waals surface area contributed by atoms with Gasteiger partial charge in [0.05, 0.1) is 5.56 Å². The first kappa shape index (κ1) is 15.0. The maximum Gasteiger partial charge on any atom is 1.00 e. The topological polar surface area (TPSA) is 40.1 Å². The van der Waals surface area contributed by atoms with Crippen molar-refractivity contribution in [1.29, 1.82) is 0 Å². The zero-order valence-electron chi connectivity index (χ0n) is 6.67. The third-order valence-corrected chi connectivity index (χ3v) is 1.53. The van der Waals surface area contributed by atoms with Gasteiger partial charge >= 0.3 is 25.0 Å². The molecule has 0 aromatic carbocycles. The number of halogens is 3. The van der Waals surface area contributed by atoms with Gasteiger partial charge in [0, 0.05) is 11.9 Å². The molecule has 1 aromatic heterocycles. The van der Waals surface area contributed by atoms with E-state index >= 15 is 0 Å². The Kier molecular flexibility index (Phi) is 8.11. The van der Waals surface area contributed by atoms with E-state index in [9.17, 15) is 13.2 Å². The number of rotatable bonds is 0. The standard InChI is InChI=1S/C5H3F3S.CH2O2.Li/c6-5(7,8)4-1-2-9-3-4;2-1-3;/h1-3H;1H,(H,2,3);/q;;+1/p-1. The molecule has 0 radical (unpaired) electrons. The Labute approximate surface area is 88.6 Å². The van der Waals surface area contributed by atoms with Crippen LogP contribution >= 0.6 is 11.3 Å². The van der Waals surface area contributed by atoms with E-state index in [1.807, 2.05) is 0 Å². The largest absolute Gasteiger partial charge is 1.00 e. The molecule has 7 heteroatoms. The third-order valence-electron chi connectivity index (χ3n) is 0.849. The van der Waals surface area contributed by atoms with Crippen LogP contribution in [0.5, 0.6) is 0 Å². The van der Waals surface area contributed by atoms with E-state index in [0.717, 1.165) is 22.8 Å². The van der Waals surface area contributed by atoms with Gasteiger partial charge in [-0.05, 0) is 11.4 Å². The predicted molar refractivity (Wildman–Crippen MR) is 35.4 cm³/mol. The van der Waals surface area contributed by atoms with Gasteiger partial charge in [0.2, 0.25) is 0 Å². The molecule has 0 saturated carbocycles. The molecule has 0 atom stereocenters. The fraction of sp³-hybridized carbons (Fsp3) is 0.167. The number of carbonyl (C=O) groups excluding carboxylic acids is 1. The van der Waals surface area contributed by atoms with Gasteiger partial charge in [-0.25, -0.2) is 0 Å². The maximum atomic E-state index is 11.6.